The minimum atomic E-state index is -0.229. The van der Waals surface area contributed by atoms with Gasteiger partial charge in [-0.1, -0.05) is 11.9 Å². The first-order chi connectivity index (χ1) is 5.31. The van der Waals surface area contributed by atoms with Crippen molar-refractivity contribution in [1.29, 1.82) is 0 Å². The molecule has 0 saturated heterocycles. The van der Waals surface area contributed by atoms with E-state index in [0.717, 1.165) is 6.42 Å². The summed E-state index contributed by atoms with van der Waals surface area (Å²) in [6, 6.07) is 0. The van der Waals surface area contributed by atoms with Gasteiger partial charge in [-0.05, 0) is 19.2 Å². The van der Waals surface area contributed by atoms with Gasteiger partial charge in [-0.15, -0.1) is 0 Å². The third kappa shape index (κ3) is 7.64. The van der Waals surface area contributed by atoms with Crippen molar-refractivity contribution in [3.8, 4) is 0 Å². The Bertz CT molecular complexity index is 111. The van der Waals surface area contributed by atoms with E-state index < -0.39 is 0 Å². The lowest BCUT2D eigenvalue weighted by atomic mass is 10.5. The molecule has 0 aliphatic heterocycles. The van der Waals surface area contributed by atoms with E-state index in [2.05, 4.69) is 4.72 Å². The van der Waals surface area contributed by atoms with Gasteiger partial charge in [0.1, 0.15) is 6.54 Å². The topological polar surface area (TPSA) is 64.3 Å². The average Bonchev–Trinajstić information content (AvgIpc) is 2.01. The fraction of sp³-hybridized carbons (Fsp3) is 0.833. The number of carbonyl (C=O) groups excluding carboxylic acids is 1. The van der Waals surface area contributed by atoms with E-state index in [4.69, 9.17) is 10.5 Å². The Kier molecular flexibility index (Phi) is 7.66. The van der Waals surface area contributed by atoms with Crippen LogP contribution in [0.15, 0.2) is 0 Å². The van der Waals surface area contributed by atoms with Gasteiger partial charge in [0, 0.05) is 0 Å². The molecule has 11 heavy (non-hydrogen) atoms. The highest BCUT2D eigenvalue weighted by Crippen LogP contribution is 1.84. The maximum atomic E-state index is 10.7. The Balaban J connectivity index is 3.09. The van der Waals surface area contributed by atoms with Gasteiger partial charge in [0.05, 0.1) is 6.61 Å². The molecular formula is C6H14N2O2S. The van der Waals surface area contributed by atoms with E-state index in [1.807, 2.05) is 6.26 Å². The van der Waals surface area contributed by atoms with E-state index in [1.165, 1.54) is 11.9 Å². The van der Waals surface area contributed by atoms with Gasteiger partial charge < -0.3 is 10.5 Å². The van der Waals surface area contributed by atoms with Gasteiger partial charge >= 0.3 is 5.97 Å². The molecule has 0 fully saturated rings. The molecule has 0 aliphatic carbocycles. The summed E-state index contributed by atoms with van der Waals surface area (Å²) in [5.74, 6) is -0.229. The Morgan fingerprint density at radius 3 is 3.00 bits per heavy atom. The monoisotopic (exact) mass is 178 g/mol. The molecule has 0 atom stereocenters. The number of rotatable bonds is 6. The van der Waals surface area contributed by atoms with Crippen molar-refractivity contribution in [2.24, 2.45) is 5.73 Å². The second-order valence-corrected chi connectivity index (χ2v) is 2.58. The smallest absolute Gasteiger partial charge is 0.320 e. The summed E-state index contributed by atoms with van der Waals surface area (Å²) in [6.07, 6.45) is 2.58. The van der Waals surface area contributed by atoms with Crippen molar-refractivity contribution in [3.05, 3.63) is 0 Å². The summed E-state index contributed by atoms with van der Waals surface area (Å²) < 4.78 is 7.58. The van der Waals surface area contributed by atoms with Crippen LogP contribution in [0.4, 0.5) is 0 Å². The molecule has 66 valence electrons. The lowest BCUT2D eigenvalue weighted by Gasteiger charge is -2.02. The number of hydrogen-bond donors (Lipinski definition) is 2. The molecule has 0 aromatic heterocycles. The van der Waals surface area contributed by atoms with Crippen molar-refractivity contribution in [3.63, 3.8) is 0 Å². The highest BCUT2D eigenvalue weighted by atomic mass is 32.2. The van der Waals surface area contributed by atoms with Crippen molar-refractivity contribution in [2.45, 2.75) is 6.42 Å². The number of esters is 1. The molecule has 4 nitrogen and oxygen atoms in total. The number of nitrogens with one attached hydrogen (secondary N) is 1. The quantitative estimate of drug-likeness (QED) is 0.333. The zero-order chi connectivity index (χ0) is 8.53. The fourth-order valence-electron chi connectivity index (χ4n) is 0.451. The molecule has 0 aliphatic rings. The van der Waals surface area contributed by atoms with Gasteiger partial charge in [-0.2, -0.15) is 0 Å². The SMILES string of the molecule is CSNCC(=O)OCCCN. The molecule has 0 rings (SSSR count). The van der Waals surface area contributed by atoms with E-state index in [-0.39, 0.29) is 12.5 Å². The predicted octanol–water partition coefficient (Wildman–Crippen LogP) is -0.254. The number of carbonyl (C=O) groups is 1. The maximum Gasteiger partial charge on any atom is 0.320 e. The molecule has 0 unspecified atom stereocenters. The summed E-state index contributed by atoms with van der Waals surface area (Å²) >= 11 is 1.39. The van der Waals surface area contributed by atoms with E-state index in [0.29, 0.717) is 13.2 Å². The van der Waals surface area contributed by atoms with Gasteiger partial charge in [0.15, 0.2) is 0 Å². The summed E-state index contributed by atoms with van der Waals surface area (Å²) in [4.78, 5) is 10.7. The van der Waals surface area contributed by atoms with Crippen LogP contribution in [0.1, 0.15) is 6.42 Å². The number of nitrogens with two attached hydrogens (primary N) is 1. The van der Waals surface area contributed by atoms with Crippen LogP contribution >= 0.6 is 11.9 Å². The Labute approximate surface area is 71.0 Å². The lowest BCUT2D eigenvalue weighted by Crippen LogP contribution is -2.20. The van der Waals surface area contributed by atoms with Gasteiger partial charge in [0.2, 0.25) is 0 Å². The first kappa shape index (κ1) is 10.7. The number of hydrogen-bond acceptors (Lipinski definition) is 5. The Morgan fingerprint density at radius 1 is 1.73 bits per heavy atom. The molecule has 3 N–H and O–H groups in total. The van der Waals surface area contributed by atoms with Crippen molar-refractivity contribution in [2.75, 3.05) is 26.0 Å². The van der Waals surface area contributed by atoms with Gasteiger partial charge in [-0.25, -0.2) is 0 Å². The molecule has 0 spiro atoms. The van der Waals surface area contributed by atoms with Gasteiger partial charge in [-0.3, -0.25) is 9.52 Å². The molecule has 0 amide bonds. The Morgan fingerprint density at radius 2 is 2.45 bits per heavy atom. The second-order valence-electron chi connectivity index (χ2n) is 1.89. The molecule has 5 heteroatoms. The lowest BCUT2D eigenvalue weighted by molar-refractivity contribution is -0.142. The van der Waals surface area contributed by atoms with Crippen LogP contribution in [-0.2, 0) is 9.53 Å². The van der Waals surface area contributed by atoms with Crippen molar-refractivity contribution >= 4 is 17.9 Å². The summed E-state index contributed by atoms with van der Waals surface area (Å²) in [7, 11) is 0. The summed E-state index contributed by atoms with van der Waals surface area (Å²) in [6.45, 7) is 1.24. The highest BCUT2D eigenvalue weighted by Gasteiger charge is 1.99. The van der Waals surface area contributed by atoms with Crippen molar-refractivity contribution in [1.82, 2.24) is 4.72 Å². The number of ether oxygens (including phenoxy) is 1. The second kappa shape index (κ2) is 7.84. The van der Waals surface area contributed by atoms with E-state index >= 15 is 0 Å². The third-order valence-corrected chi connectivity index (χ3v) is 1.41. The fourth-order valence-corrected chi connectivity index (χ4v) is 0.714. The third-order valence-electron chi connectivity index (χ3n) is 0.972. The molecular weight excluding hydrogens is 164 g/mol. The van der Waals surface area contributed by atoms with Crippen LogP contribution in [0.25, 0.3) is 0 Å². The van der Waals surface area contributed by atoms with Crippen LogP contribution in [0.3, 0.4) is 0 Å². The van der Waals surface area contributed by atoms with Gasteiger partial charge in [0.25, 0.3) is 0 Å². The van der Waals surface area contributed by atoms with Crippen LogP contribution in [0.5, 0.6) is 0 Å². The largest absolute Gasteiger partial charge is 0.465 e. The molecule has 0 radical (unpaired) electrons. The average molecular weight is 178 g/mol. The first-order valence-corrected chi connectivity index (χ1v) is 4.65. The maximum absolute atomic E-state index is 10.7. The van der Waals surface area contributed by atoms with E-state index in [1.54, 1.807) is 0 Å². The zero-order valence-corrected chi connectivity index (χ0v) is 7.45. The summed E-state index contributed by atoms with van der Waals surface area (Å²) in [5, 5.41) is 0. The molecule has 0 heterocycles. The normalized spacial score (nSPS) is 9.64. The standard InChI is InChI=1S/C6H14N2O2S/c1-11-8-5-6(9)10-4-2-3-7/h8H,2-5,7H2,1H3. The molecule has 0 aromatic carbocycles. The predicted molar refractivity (Wildman–Crippen MR) is 46.1 cm³/mol. The zero-order valence-electron chi connectivity index (χ0n) is 6.63. The summed E-state index contributed by atoms with van der Waals surface area (Å²) in [5.41, 5.74) is 5.20. The molecule has 0 aromatic rings. The van der Waals surface area contributed by atoms with Crippen LogP contribution in [0, 0.1) is 0 Å². The highest BCUT2D eigenvalue weighted by molar-refractivity contribution is 7.96. The van der Waals surface area contributed by atoms with Crippen molar-refractivity contribution < 1.29 is 9.53 Å². The molecule has 0 saturated carbocycles. The minimum absolute atomic E-state index is 0.229. The van der Waals surface area contributed by atoms with Crippen LogP contribution in [0.2, 0.25) is 0 Å². The van der Waals surface area contributed by atoms with E-state index in [9.17, 15) is 4.79 Å². The van der Waals surface area contributed by atoms with Crippen LogP contribution in [-0.4, -0.2) is 31.9 Å². The first-order valence-electron chi connectivity index (χ1n) is 3.42. The van der Waals surface area contributed by atoms with Crippen LogP contribution < -0.4 is 10.5 Å². The minimum Gasteiger partial charge on any atom is -0.465 e. The molecule has 0 bridgehead atoms. The Hall–Kier alpha value is -0.260.